The lowest BCUT2D eigenvalue weighted by molar-refractivity contribution is -0.116. The molecule has 0 bridgehead atoms. The summed E-state index contributed by atoms with van der Waals surface area (Å²) in [6.07, 6.45) is 7.13. The third-order valence-electron chi connectivity index (χ3n) is 5.37. The molecule has 0 saturated heterocycles. The van der Waals surface area contributed by atoms with Gasteiger partial charge in [-0.1, -0.05) is 12.0 Å². The molecule has 0 radical (unpaired) electrons. The Morgan fingerprint density at radius 3 is 2.94 bits per heavy atom. The van der Waals surface area contributed by atoms with Crippen LogP contribution in [0.25, 0.3) is 11.5 Å². The number of ether oxygens (including phenoxy) is 2. The lowest BCUT2D eigenvalue weighted by Crippen LogP contribution is -2.25. The van der Waals surface area contributed by atoms with Crippen molar-refractivity contribution in [2.45, 2.75) is 19.3 Å². The van der Waals surface area contributed by atoms with E-state index < -0.39 is 0 Å². The van der Waals surface area contributed by atoms with E-state index in [4.69, 9.17) is 15.9 Å². The Labute approximate surface area is 183 Å². The van der Waals surface area contributed by atoms with Crippen molar-refractivity contribution in [2.24, 2.45) is 0 Å². The van der Waals surface area contributed by atoms with Crippen LogP contribution in [0.3, 0.4) is 0 Å². The second-order valence-electron chi connectivity index (χ2n) is 7.29. The van der Waals surface area contributed by atoms with Crippen LogP contribution in [0, 0.1) is 19.3 Å². The molecular weight excluding hydrogens is 410 g/mol. The van der Waals surface area contributed by atoms with Gasteiger partial charge >= 0.3 is 0 Å². The van der Waals surface area contributed by atoms with Crippen molar-refractivity contribution in [2.75, 3.05) is 19.0 Å². The molecule has 0 saturated carbocycles. The van der Waals surface area contributed by atoms with Gasteiger partial charge in [0.2, 0.25) is 5.91 Å². The molecule has 5 rings (SSSR count). The normalized spacial score (nSPS) is 15.2. The molecule has 1 aliphatic rings. The molecule has 3 aromatic heterocycles. The molecule has 1 aromatic carbocycles. The van der Waals surface area contributed by atoms with Crippen LogP contribution in [0.5, 0.6) is 11.5 Å². The first-order chi connectivity index (χ1) is 15.6. The number of methoxy groups -OCH3 is 1. The second kappa shape index (κ2) is 7.70. The molecule has 4 heterocycles. The number of benzene rings is 1. The number of hydrogen-bond donors (Lipinski definition) is 1. The van der Waals surface area contributed by atoms with Crippen LogP contribution in [0.2, 0.25) is 0 Å². The van der Waals surface area contributed by atoms with E-state index in [-0.39, 0.29) is 24.9 Å². The molecule has 1 atom stereocenters. The first kappa shape index (κ1) is 19.6. The first-order valence-corrected chi connectivity index (χ1v) is 9.90. The molecule has 0 unspecified atom stereocenters. The highest BCUT2D eigenvalue weighted by molar-refractivity contribution is 5.95. The van der Waals surface area contributed by atoms with E-state index in [2.05, 4.69) is 31.6 Å². The van der Waals surface area contributed by atoms with Crippen LogP contribution in [0.1, 0.15) is 29.2 Å². The lowest BCUT2D eigenvalue weighted by Gasteiger charge is -2.25. The van der Waals surface area contributed by atoms with Crippen LogP contribution in [0.4, 0.5) is 5.82 Å². The number of nitrogens with one attached hydrogen (secondary N) is 1. The molecule has 0 spiro atoms. The maximum absolute atomic E-state index is 12.7. The number of aryl methyl sites for hydroxylation is 1. The van der Waals surface area contributed by atoms with Crippen molar-refractivity contribution in [3.05, 3.63) is 53.5 Å². The van der Waals surface area contributed by atoms with Crippen molar-refractivity contribution < 1.29 is 14.3 Å². The van der Waals surface area contributed by atoms with Gasteiger partial charge in [-0.15, -0.1) is 21.7 Å². The van der Waals surface area contributed by atoms with Gasteiger partial charge in [0.15, 0.2) is 23.0 Å². The summed E-state index contributed by atoms with van der Waals surface area (Å²) in [6.45, 7) is 2.03. The summed E-state index contributed by atoms with van der Waals surface area (Å²) in [5.74, 6) is 4.35. The Balaban J connectivity index is 1.61. The molecule has 0 aliphatic carbocycles. The third-order valence-corrected chi connectivity index (χ3v) is 5.37. The third kappa shape index (κ3) is 3.20. The molecule has 32 heavy (non-hydrogen) atoms. The zero-order valence-electron chi connectivity index (χ0n) is 17.4. The van der Waals surface area contributed by atoms with Crippen LogP contribution in [-0.2, 0) is 4.79 Å². The maximum atomic E-state index is 12.7. The van der Waals surface area contributed by atoms with Crippen LogP contribution >= 0.6 is 0 Å². The van der Waals surface area contributed by atoms with Gasteiger partial charge < -0.3 is 14.8 Å². The number of carbonyl (C=O) groups excluding carboxylic acids is 1. The topological polar surface area (TPSA) is 108 Å². The van der Waals surface area contributed by atoms with Gasteiger partial charge in [0.25, 0.3) is 0 Å². The van der Waals surface area contributed by atoms with E-state index in [1.165, 1.54) is 6.33 Å². The van der Waals surface area contributed by atoms with Crippen molar-refractivity contribution in [3.8, 4) is 29.7 Å². The average molecular weight is 429 g/mol. The van der Waals surface area contributed by atoms with Gasteiger partial charge in [-0.05, 0) is 36.8 Å². The highest BCUT2D eigenvalue weighted by Crippen LogP contribution is 2.42. The Hall–Kier alpha value is -4.39. The summed E-state index contributed by atoms with van der Waals surface area (Å²) in [5.41, 5.74) is 3.23. The summed E-state index contributed by atoms with van der Waals surface area (Å²) in [6, 6.07) is 9.17. The van der Waals surface area contributed by atoms with Crippen molar-refractivity contribution in [1.29, 1.82) is 0 Å². The minimum atomic E-state index is -0.217. The Morgan fingerprint density at radius 2 is 2.12 bits per heavy atom. The van der Waals surface area contributed by atoms with Gasteiger partial charge in [0.05, 0.1) is 12.8 Å². The van der Waals surface area contributed by atoms with E-state index in [9.17, 15) is 4.79 Å². The van der Waals surface area contributed by atoms with Gasteiger partial charge in [-0.2, -0.15) is 14.3 Å². The van der Waals surface area contributed by atoms with E-state index in [0.29, 0.717) is 28.8 Å². The predicted octanol–water partition coefficient (Wildman–Crippen LogP) is 2.11. The van der Waals surface area contributed by atoms with E-state index in [0.717, 1.165) is 16.8 Å². The monoisotopic (exact) mass is 429 g/mol. The largest absolute Gasteiger partial charge is 0.493 e. The van der Waals surface area contributed by atoms with Crippen LogP contribution < -0.4 is 14.8 Å². The van der Waals surface area contributed by atoms with E-state index >= 15 is 0 Å². The fourth-order valence-electron chi connectivity index (χ4n) is 3.97. The summed E-state index contributed by atoms with van der Waals surface area (Å²) < 4.78 is 14.2. The fraction of sp³-hybridized carbons (Fsp3) is 0.227. The number of carbonyl (C=O) groups is 1. The Kier molecular flexibility index (Phi) is 4.71. The van der Waals surface area contributed by atoms with Crippen molar-refractivity contribution in [3.63, 3.8) is 0 Å². The number of terminal acetylenes is 1. The molecule has 10 heteroatoms. The summed E-state index contributed by atoms with van der Waals surface area (Å²) >= 11 is 0. The highest BCUT2D eigenvalue weighted by atomic mass is 16.5. The lowest BCUT2D eigenvalue weighted by atomic mass is 9.85. The minimum absolute atomic E-state index is 0.115. The number of aromatic nitrogens is 6. The van der Waals surface area contributed by atoms with Crippen molar-refractivity contribution in [1.82, 2.24) is 29.6 Å². The average Bonchev–Trinajstić information content (AvgIpc) is 3.40. The molecule has 4 aromatic rings. The van der Waals surface area contributed by atoms with Crippen LogP contribution in [0.15, 0.2) is 36.7 Å². The molecule has 1 amide bonds. The zero-order valence-corrected chi connectivity index (χ0v) is 17.4. The molecule has 160 valence electrons. The first-order valence-electron chi connectivity index (χ1n) is 9.90. The van der Waals surface area contributed by atoms with Gasteiger partial charge in [0.1, 0.15) is 18.8 Å². The number of anilines is 1. The standard InChI is InChI=1S/C22H19N7O3/c1-4-9-32-17-10-14(5-6-16(17)31-3)15-11-20(30)24-22-21(15)13(2)26-29(22)19-8-7-18-25-23-12-28(18)27-19/h1,5-8,10,12,15H,9,11H2,2-3H3,(H,24,30)/t15-/m0/s1. The minimum Gasteiger partial charge on any atom is -0.493 e. The second-order valence-corrected chi connectivity index (χ2v) is 7.29. The Bertz CT molecular complexity index is 1380. The van der Waals surface area contributed by atoms with Crippen LogP contribution in [-0.4, -0.2) is 49.2 Å². The maximum Gasteiger partial charge on any atom is 0.226 e. The van der Waals surface area contributed by atoms with Crippen molar-refractivity contribution >= 4 is 17.4 Å². The zero-order chi connectivity index (χ0) is 22.2. The quantitative estimate of drug-likeness (QED) is 0.484. The van der Waals surface area contributed by atoms with Gasteiger partial charge in [-0.25, -0.2) is 0 Å². The van der Waals surface area contributed by atoms with Gasteiger partial charge in [0, 0.05) is 17.9 Å². The molecular formula is C22H19N7O3. The number of rotatable bonds is 5. The Morgan fingerprint density at radius 1 is 1.25 bits per heavy atom. The predicted molar refractivity (Wildman–Crippen MR) is 115 cm³/mol. The fourth-order valence-corrected chi connectivity index (χ4v) is 3.97. The summed E-state index contributed by atoms with van der Waals surface area (Å²) in [5, 5.41) is 20.0. The number of nitrogens with zero attached hydrogens (tertiary/aromatic N) is 6. The number of amides is 1. The smallest absolute Gasteiger partial charge is 0.226 e. The molecule has 1 N–H and O–H groups in total. The van der Waals surface area contributed by atoms with Gasteiger partial charge in [-0.3, -0.25) is 4.79 Å². The molecule has 10 nitrogen and oxygen atoms in total. The number of fused-ring (bicyclic) bond motifs is 2. The molecule has 1 aliphatic heterocycles. The summed E-state index contributed by atoms with van der Waals surface area (Å²) in [7, 11) is 1.57. The number of hydrogen-bond acceptors (Lipinski definition) is 7. The molecule has 0 fully saturated rings. The van der Waals surface area contributed by atoms with E-state index in [1.54, 1.807) is 28.4 Å². The highest BCUT2D eigenvalue weighted by Gasteiger charge is 2.33. The van der Waals surface area contributed by atoms with E-state index in [1.807, 2.05) is 25.1 Å². The summed E-state index contributed by atoms with van der Waals surface area (Å²) in [4.78, 5) is 12.7. The SMILES string of the molecule is C#CCOc1cc([C@@H]2CC(=O)Nc3c2c(C)nn3-c2ccc3nncn3n2)ccc1OC.